The molecule has 0 atom stereocenters. The number of hydrogen-bond acceptors (Lipinski definition) is 7. The van der Waals surface area contributed by atoms with Crippen LogP contribution in [-0.2, 0) is 14.8 Å². The Balaban J connectivity index is 1.47. The minimum atomic E-state index is -3.54. The average Bonchev–Trinajstić information content (AvgIpc) is 3.25. The molecule has 7 nitrogen and oxygen atoms in total. The summed E-state index contributed by atoms with van der Waals surface area (Å²) < 4.78 is 32.8. The summed E-state index contributed by atoms with van der Waals surface area (Å²) in [6.45, 7) is 3.03. The Labute approximate surface area is 161 Å². The molecule has 0 aliphatic carbocycles. The molecule has 3 heterocycles. The van der Waals surface area contributed by atoms with Crippen molar-refractivity contribution in [2.24, 2.45) is 0 Å². The summed E-state index contributed by atoms with van der Waals surface area (Å²) in [5, 5.41) is 10.3. The van der Waals surface area contributed by atoms with E-state index in [1.807, 2.05) is 24.3 Å². The predicted octanol–water partition coefficient (Wildman–Crippen LogP) is 2.84. The van der Waals surface area contributed by atoms with Crippen molar-refractivity contribution in [3.05, 3.63) is 53.9 Å². The minimum absolute atomic E-state index is 0.288. The van der Waals surface area contributed by atoms with Gasteiger partial charge in [0.25, 0.3) is 10.0 Å². The number of benzene rings is 1. The molecular formula is C18H18N4O3S2. The van der Waals surface area contributed by atoms with Gasteiger partial charge < -0.3 is 9.64 Å². The van der Waals surface area contributed by atoms with Crippen LogP contribution in [0.1, 0.15) is 0 Å². The van der Waals surface area contributed by atoms with E-state index >= 15 is 0 Å². The van der Waals surface area contributed by atoms with Gasteiger partial charge in [0.15, 0.2) is 5.82 Å². The number of nitrogens with one attached hydrogen (secondary N) is 1. The lowest BCUT2D eigenvalue weighted by atomic mass is 10.1. The molecule has 1 fully saturated rings. The molecule has 0 unspecified atom stereocenters. The maximum atomic E-state index is 12.3. The molecule has 0 radical (unpaired) electrons. The molecule has 9 heteroatoms. The lowest BCUT2D eigenvalue weighted by Gasteiger charge is -2.27. The summed E-state index contributed by atoms with van der Waals surface area (Å²) in [4.78, 5) is 2.14. The van der Waals surface area contributed by atoms with Crippen LogP contribution in [-0.4, -0.2) is 44.9 Å². The highest BCUT2D eigenvalue weighted by molar-refractivity contribution is 7.94. The van der Waals surface area contributed by atoms with Gasteiger partial charge in [-0.05, 0) is 35.7 Å². The fraction of sp³-hybridized carbons (Fsp3) is 0.222. The topological polar surface area (TPSA) is 84.4 Å². The van der Waals surface area contributed by atoms with E-state index in [1.165, 1.54) is 11.3 Å². The Morgan fingerprint density at radius 1 is 1.00 bits per heavy atom. The average molecular weight is 403 g/mol. The summed E-state index contributed by atoms with van der Waals surface area (Å²) in [5.74, 6) is 0.836. The first-order chi connectivity index (χ1) is 13.1. The number of anilines is 2. The molecule has 0 amide bonds. The molecule has 0 saturated carbocycles. The fourth-order valence-corrected chi connectivity index (χ4v) is 4.82. The van der Waals surface area contributed by atoms with E-state index < -0.39 is 10.0 Å². The van der Waals surface area contributed by atoms with Crippen molar-refractivity contribution < 1.29 is 13.2 Å². The number of morpholine rings is 1. The number of rotatable bonds is 5. The van der Waals surface area contributed by atoms with Crippen LogP contribution in [0.5, 0.6) is 0 Å². The summed E-state index contributed by atoms with van der Waals surface area (Å²) in [5.41, 5.74) is 2.11. The molecule has 0 spiro atoms. The van der Waals surface area contributed by atoms with Gasteiger partial charge in [-0.1, -0.05) is 18.2 Å². The van der Waals surface area contributed by atoms with Crippen LogP contribution in [0.3, 0.4) is 0 Å². The second-order valence-corrected chi connectivity index (χ2v) is 8.85. The smallest absolute Gasteiger partial charge is 0.271 e. The third-order valence-electron chi connectivity index (χ3n) is 4.18. The van der Waals surface area contributed by atoms with Crippen LogP contribution in [0.25, 0.3) is 11.3 Å². The Hall–Kier alpha value is -2.49. The maximum absolute atomic E-state index is 12.3. The number of hydrogen-bond donors (Lipinski definition) is 1. The van der Waals surface area contributed by atoms with Crippen molar-refractivity contribution >= 4 is 32.9 Å². The quantitative estimate of drug-likeness (QED) is 0.706. The largest absolute Gasteiger partial charge is 0.378 e. The number of nitrogens with zero attached hydrogens (tertiary/aromatic N) is 3. The first-order valence-corrected chi connectivity index (χ1v) is 10.8. The van der Waals surface area contributed by atoms with Crippen molar-refractivity contribution in [3.8, 4) is 11.3 Å². The van der Waals surface area contributed by atoms with E-state index in [4.69, 9.17) is 4.74 Å². The number of aromatic nitrogens is 2. The zero-order chi connectivity index (χ0) is 18.7. The second-order valence-electron chi connectivity index (χ2n) is 5.99. The molecule has 1 aromatic carbocycles. The van der Waals surface area contributed by atoms with Crippen molar-refractivity contribution in [2.45, 2.75) is 4.21 Å². The molecular weight excluding hydrogens is 384 g/mol. The van der Waals surface area contributed by atoms with E-state index in [1.54, 1.807) is 29.6 Å². The zero-order valence-corrected chi connectivity index (χ0v) is 16.0. The number of thiophene rings is 1. The molecule has 0 bridgehead atoms. The number of sulfonamides is 1. The summed E-state index contributed by atoms with van der Waals surface area (Å²) in [6.07, 6.45) is 0. The zero-order valence-electron chi connectivity index (χ0n) is 14.4. The standard InChI is InChI=1S/C18H18N4O3S2/c23-27(24,18-2-1-13-26-18)21-15-5-3-14(4-6-15)16-7-8-17(20-19-16)22-9-11-25-12-10-22/h1-8,13,21H,9-12H2. The van der Waals surface area contributed by atoms with E-state index in [0.717, 1.165) is 30.2 Å². The molecule has 1 saturated heterocycles. The fourth-order valence-electron chi connectivity index (χ4n) is 2.77. The van der Waals surface area contributed by atoms with Gasteiger partial charge in [0.05, 0.1) is 18.9 Å². The van der Waals surface area contributed by atoms with Gasteiger partial charge in [-0.2, -0.15) is 0 Å². The van der Waals surface area contributed by atoms with Gasteiger partial charge in [0.1, 0.15) is 4.21 Å². The Morgan fingerprint density at radius 3 is 2.41 bits per heavy atom. The first kappa shape index (κ1) is 17.9. The molecule has 1 aliphatic heterocycles. The summed E-state index contributed by atoms with van der Waals surface area (Å²) in [6, 6.07) is 14.2. The molecule has 2 aromatic heterocycles. The van der Waals surface area contributed by atoms with Gasteiger partial charge in [-0.3, -0.25) is 4.72 Å². The van der Waals surface area contributed by atoms with Crippen molar-refractivity contribution in [3.63, 3.8) is 0 Å². The Kier molecular flexibility index (Phi) is 5.06. The molecule has 27 heavy (non-hydrogen) atoms. The van der Waals surface area contributed by atoms with Gasteiger partial charge >= 0.3 is 0 Å². The van der Waals surface area contributed by atoms with E-state index in [2.05, 4.69) is 19.8 Å². The number of ether oxygens (including phenoxy) is 1. The van der Waals surface area contributed by atoms with Crippen LogP contribution < -0.4 is 9.62 Å². The molecule has 1 N–H and O–H groups in total. The van der Waals surface area contributed by atoms with Gasteiger partial charge in [0.2, 0.25) is 0 Å². The van der Waals surface area contributed by atoms with Crippen LogP contribution >= 0.6 is 11.3 Å². The summed E-state index contributed by atoms with van der Waals surface area (Å²) >= 11 is 1.18. The van der Waals surface area contributed by atoms with Crippen LogP contribution in [0.4, 0.5) is 11.5 Å². The maximum Gasteiger partial charge on any atom is 0.271 e. The van der Waals surface area contributed by atoms with Crippen LogP contribution in [0.2, 0.25) is 0 Å². The van der Waals surface area contributed by atoms with Crippen molar-refractivity contribution in [1.82, 2.24) is 10.2 Å². The van der Waals surface area contributed by atoms with Crippen LogP contribution in [0, 0.1) is 0 Å². The molecule has 4 rings (SSSR count). The van der Waals surface area contributed by atoms with E-state index in [9.17, 15) is 8.42 Å². The SMILES string of the molecule is O=S(=O)(Nc1ccc(-c2ccc(N3CCOCC3)nn2)cc1)c1cccs1. The highest BCUT2D eigenvalue weighted by atomic mass is 32.2. The third kappa shape index (κ3) is 4.10. The lowest BCUT2D eigenvalue weighted by Crippen LogP contribution is -2.36. The first-order valence-electron chi connectivity index (χ1n) is 8.45. The van der Waals surface area contributed by atoms with Crippen molar-refractivity contribution in [1.29, 1.82) is 0 Å². The molecule has 140 valence electrons. The van der Waals surface area contributed by atoms with Crippen LogP contribution in [0.15, 0.2) is 58.1 Å². The van der Waals surface area contributed by atoms with Gasteiger partial charge in [-0.15, -0.1) is 21.5 Å². The molecule has 1 aliphatic rings. The Morgan fingerprint density at radius 2 is 1.78 bits per heavy atom. The monoisotopic (exact) mass is 402 g/mol. The highest BCUT2D eigenvalue weighted by Crippen LogP contribution is 2.24. The normalized spacial score (nSPS) is 14.9. The van der Waals surface area contributed by atoms with E-state index in [-0.39, 0.29) is 4.21 Å². The Bertz CT molecular complexity index is 982. The highest BCUT2D eigenvalue weighted by Gasteiger charge is 2.15. The van der Waals surface area contributed by atoms with Gasteiger partial charge in [-0.25, -0.2) is 8.42 Å². The van der Waals surface area contributed by atoms with E-state index in [0.29, 0.717) is 18.9 Å². The third-order valence-corrected chi connectivity index (χ3v) is 6.96. The lowest BCUT2D eigenvalue weighted by molar-refractivity contribution is 0.122. The van der Waals surface area contributed by atoms with Gasteiger partial charge in [0, 0.05) is 24.3 Å². The minimum Gasteiger partial charge on any atom is -0.378 e. The predicted molar refractivity (Wildman–Crippen MR) is 106 cm³/mol. The van der Waals surface area contributed by atoms with Crippen molar-refractivity contribution in [2.75, 3.05) is 35.9 Å². The summed E-state index contributed by atoms with van der Waals surface area (Å²) in [7, 11) is -3.54. The molecule has 3 aromatic rings. The second kappa shape index (κ2) is 7.63.